The van der Waals surface area contributed by atoms with Crippen LogP contribution in [0.1, 0.15) is 51.9 Å². The van der Waals surface area contributed by atoms with Crippen LogP contribution in [0, 0.1) is 5.92 Å². The molecule has 0 aromatic heterocycles. The van der Waals surface area contributed by atoms with E-state index in [-0.39, 0.29) is 18.4 Å². The molecule has 1 unspecified atom stereocenters. The highest BCUT2D eigenvalue weighted by Crippen LogP contribution is 2.28. The molecular formula is C15H30ClN3O2S. The number of hydrogen-bond acceptors (Lipinski definition) is 3. The molecule has 0 spiro atoms. The Kier molecular flexibility index (Phi) is 6.54. The fraction of sp³-hybridized carbons (Fsp3) is 1.00. The maximum absolute atomic E-state index is 12.8. The minimum atomic E-state index is -3.24. The van der Waals surface area contributed by atoms with Crippen molar-refractivity contribution in [2.24, 2.45) is 5.92 Å². The van der Waals surface area contributed by atoms with E-state index in [1.807, 2.05) is 6.92 Å². The Balaban J connectivity index is 0.00000176. The lowest BCUT2D eigenvalue weighted by Crippen LogP contribution is -2.53. The zero-order valence-corrected chi connectivity index (χ0v) is 15.2. The van der Waals surface area contributed by atoms with E-state index >= 15 is 0 Å². The second-order valence-electron chi connectivity index (χ2n) is 6.99. The van der Waals surface area contributed by atoms with E-state index in [2.05, 4.69) is 5.32 Å². The van der Waals surface area contributed by atoms with E-state index in [9.17, 15) is 8.42 Å². The first-order valence-electron chi connectivity index (χ1n) is 8.57. The Morgan fingerprint density at radius 1 is 1.00 bits per heavy atom. The van der Waals surface area contributed by atoms with Gasteiger partial charge in [0.1, 0.15) is 0 Å². The average molecular weight is 352 g/mol. The number of halogens is 1. The highest BCUT2D eigenvalue weighted by atomic mass is 35.5. The number of hydrogen-bond donors (Lipinski definition) is 1. The van der Waals surface area contributed by atoms with E-state index in [1.165, 1.54) is 12.8 Å². The molecule has 0 aromatic carbocycles. The standard InChI is InChI=1S/C15H29N3O2S.ClH/c1-13-4-2-3-9-18(13)21(19,20)17-10-7-15(8-11-17)16-12-14-5-6-14;/h13-16H,2-12H2,1H3;1H. The Hall–Kier alpha value is 0.120. The van der Waals surface area contributed by atoms with E-state index < -0.39 is 10.2 Å². The molecule has 3 aliphatic rings. The van der Waals surface area contributed by atoms with Crippen LogP contribution in [0.3, 0.4) is 0 Å². The van der Waals surface area contributed by atoms with Gasteiger partial charge >= 0.3 is 0 Å². The van der Waals surface area contributed by atoms with Gasteiger partial charge in [-0.05, 0) is 57.9 Å². The molecule has 0 radical (unpaired) electrons. The summed E-state index contributed by atoms with van der Waals surface area (Å²) in [6, 6.07) is 0.672. The summed E-state index contributed by atoms with van der Waals surface area (Å²) in [5.74, 6) is 0.890. The van der Waals surface area contributed by atoms with Gasteiger partial charge in [0.2, 0.25) is 0 Å². The SMILES string of the molecule is CC1CCCCN1S(=O)(=O)N1CCC(NCC2CC2)CC1.Cl. The maximum Gasteiger partial charge on any atom is 0.282 e. The molecule has 1 saturated carbocycles. The fourth-order valence-corrected chi connectivity index (χ4v) is 5.40. The third kappa shape index (κ3) is 4.35. The van der Waals surface area contributed by atoms with Gasteiger partial charge < -0.3 is 5.32 Å². The number of nitrogens with zero attached hydrogens (tertiary/aromatic N) is 2. The summed E-state index contributed by atoms with van der Waals surface area (Å²) in [5, 5.41) is 3.61. The first kappa shape index (κ1) is 18.5. The van der Waals surface area contributed by atoms with Crippen LogP contribution >= 0.6 is 12.4 Å². The molecule has 7 heteroatoms. The summed E-state index contributed by atoms with van der Waals surface area (Å²) in [4.78, 5) is 0. The van der Waals surface area contributed by atoms with Crippen LogP contribution in [0.15, 0.2) is 0 Å². The summed E-state index contributed by atoms with van der Waals surface area (Å²) < 4.78 is 29.0. The summed E-state index contributed by atoms with van der Waals surface area (Å²) in [6.07, 6.45) is 7.80. The van der Waals surface area contributed by atoms with Gasteiger partial charge in [-0.25, -0.2) is 0 Å². The topological polar surface area (TPSA) is 52.7 Å². The zero-order chi connectivity index (χ0) is 14.9. The fourth-order valence-electron chi connectivity index (χ4n) is 3.51. The Bertz CT molecular complexity index is 448. The van der Waals surface area contributed by atoms with Gasteiger partial charge in [0, 0.05) is 31.7 Å². The summed E-state index contributed by atoms with van der Waals surface area (Å²) in [7, 11) is -3.24. The normalized spacial score (nSPS) is 29.2. The van der Waals surface area contributed by atoms with Gasteiger partial charge in [0.05, 0.1) is 0 Å². The Morgan fingerprint density at radius 2 is 1.68 bits per heavy atom. The highest BCUT2D eigenvalue weighted by Gasteiger charge is 2.36. The first-order chi connectivity index (χ1) is 10.1. The predicted molar refractivity (Wildman–Crippen MR) is 91.5 cm³/mol. The van der Waals surface area contributed by atoms with Crippen molar-refractivity contribution in [1.29, 1.82) is 0 Å². The molecule has 2 heterocycles. The molecule has 1 aliphatic carbocycles. The van der Waals surface area contributed by atoms with Crippen molar-refractivity contribution < 1.29 is 8.42 Å². The first-order valence-corrected chi connectivity index (χ1v) is 9.97. The van der Waals surface area contributed by atoms with Crippen LogP contribution in [0.4, 0.5) is 0 Å². The van der Waals surface area contributed by atoms with Crippen LogP contribution in [-0.2, 0) is 10.2 Å². The summed E-state index contributed by atoms with van der Waals surface area (Å²) in [5.41, 5.74) is 0. The summed E-state index contributed by atoms with van der Waals surface area (Å²) >= 11 is 0. The predicted octanol–water partition coefficient (Wildman–Crippen LogP) is 1.99. The van der Waals surface area contributed by atoms with Gasteiger partial charge in [-0.3, -0.25) is 0 Å². The largest absolute Gasteiger partial charge is 0.314 e. The maximum atomic E-state index is 12.8. The average Bonchev–Trinajstić information content (AvgIpc) is 3.30. The lowest BCUT2D eigenvalue weighted by atomic mass is 10.1. The van der Waals surface area contributed by atoms with Crippen LogP contribution < -0.4 is 5.32 Å². The van der Waals surface area contributed by atoms with Gasteiger partial charge in [-0.15, -0.1) is 12.4 Å². The molecule has 130 valence electrons. The number of piperidine rings is 2. The molecule has 1 N–H and O–H groups in total. The van der Waals surface area contributed by atoms with E-state index in [0.29, 0.717) is 25.7 Å². The van der Waals surface area contributed by atoms with Crippen molar-refractivity contribution in [2.45, 2.75) is 64.0 Å². The van der Waals surface area contributed by atoms with E-state index in [0.717, 1.165) is 44.6 Å². The monoisotopic (exact) mass is 351 g/mol. The van der Waals surface area contributed by atoms with Gasteiger partial charge in [0.15, 0.2) is 0 Å². The Morgan fingerprint density at radius 3 is 2.27 bits per heavy atom. The minimum absolute atomic E-state index is 0. The molecule has 1 atom stereocenters. The van der Waals surface area contributed by atoms with Crippen molar-refractivity contribution in [3.05, 3.63) is 0 Å². The van der Waals surface area contributed by atoms with Gasteiger partial charge in [0.25, 0.3) is 10.2 Å². The minimum Gasteiger partial charge on any atom is -0.314 e. The molecule has 0 amide bonds. The van der Waals surface area contributed by atoms with Crippen LogP contribution in [0.5, 0.6) is 0 Å². The van der Waals surface area contributed by atoms with Crippen molar-refractivity contribution in [3.63, 3.8) is 0 Å². The number of rotatable bonds is 5. The zero-order valence-electron chi connectivity index (χ0n) is 13.5. The molecule has 0 bridgehead atoms. The molecule has 22 heavy (non-hydrogen) atoms. The molecule has 3 fully saturated rings. The molecule has 3 rings (SSSR count). The van der Waals surface area contributed by atoms with Crippen LogP contribution in [-0.4, -0.2) is 55.3 Å². The molecule has 0 aromatic rings. The smallest absolute Gasteiger partial charge is 0.282 e. The van der Waals surface area contributed by atoms with Crippen LogP contribution in [0.25, 0.3) is 0 Å². The van der Waals surface area contributed by atoms with E-state index in [4.69, 9.17) is 0 Å². The number of nitrogens with one attached hydrogen (secondary N) is 1. The Labute approximate surface area is 141 Å². The lowest BCUT2D eigenvalue weighted by Gasteiger charge is -2.39. The molecule has 2 aliphatic heterocycles. The quantitative estimate of drug-likeness (QED) is 0.824. The van der Waals surface area contributed by atoms with Crippen molar-refractivity contribution >= 4 is 22.6 Å². The third-order valence-electron chi connectivity index (χ3n) is 5.21. The van der Waals surface area contributed by atoms with Crippen molar-refractivity contribution in [2.75, 3.05) is 26.2 Å². The molecular weight excluding hydrogens is 322 g/mol. The van der Waals surface area contributed by atoms with E-state index in [1.54, 1.807) is 8.61 Å². The van der Waals surface area contributed by atoms with Gasteiger partial charge in [-0.1, -0.05) is 6.42 Å². The van der Waals surface area contributed by atoms with Crippen molar-refractivity contribution in [1.82, 2.24) is 13.9 Å². The molecule has 2 saturated heterocycles. The van der Waals surface area contributed by atoms with Gasteiger partial charge in [-0.2, -0.15) is 17.0 Å². The lowest BCUT2D eigenvalue weighted by molar-refractivity contribution is 0.224. The molecule has 5 nitrogen and oxygen atoms in total. The second-order valence-corrected chi connectivity index (χ2v) is 8.87. The summed E-state index contributed by atoms with van der Waals surface area (Å²) in [6.45, 7) is 5.21. The highest BCUT2D eigenvalue weighted by molar-refractivity contribution is 7.86. The second kappa shape index (κ2) is 7.79. The van der Waals surface area contributed by atoms with Crippen molar-refractivity contribution in [3.8, 4) is 0 Å². The third-order valence-corrected chi connectivity index (χ3v) is 7.36. The van der Waals surface area contributed by atoms with Crippen LogP contribution in [0.2, 0.25) is 0 Å².